The molecule has 1 amide bonds. The number of nitrogens with one attached hydrogen (secondary N) is 1. The maximum Gasteiger partial charge on any atom is 0.257 e. The Morgan fingerprint density at radius 2 is 1.73 bits per heavy atom. The second-order valence-corrected chi connectivity index (χ2v) is 5.60. The summed E-state index contributed by atoms with van der Waals surface area (Å²) in [6.07, 6.45) is 0.240. The van der Waals surface area contributed by atoms with Crippen LogP contribution in [0.5, 0.6) is 0 Å². The number of aliphatic hydroxyl groups is 1. The van der Waals surface area contributed by atoms with Gasteiger partial charge in [0.1, 0.15) is 17.2 Å². The van der Waals surface area contributed by atoms with Crippen molar-refractivity contribution in [2.24, 2.45) is 0 Å². The Kier molecular flexibility index (Phi) is 5.63. The molecule has 6 heteroatoms. The molecule has 1 unspecified atom stereocenters. The van der Waals surface area contributed by atoms with Crippen molar-refractivity contribution in [2.75, 3.05) is 6.61 Å². The van der Waals surface area contributed by atoms with Crippen LogP contribution in [0.1, 0.15) is 28.4 Å². The van der Waals surface area contributed by atoms with Gasteiger partial charge in [0.2, 0.25) is 0 Å². The Morgan fingerprint density at radius 1 is 1.14 bits per heavy atom. The minimum absolute atomic E-state index is 0.166. The van der Waals surface area contributed by atoms with Crippen LogP contribution < -0.4 is 5.32 Å². The molecule has 0 saturated carbocycles. The fourth-order valence-corrected chi connectivity index (χ4v) is 2.36. The summed E-state index contributed by atoms with van der Waals surface area (Å²) >= 11 is 3.30. The number of carbonyl (C=O) groups is 1. The van der Waals surface area contributed by atoms with Crippen LogP contribution in [0.3, 0.4) is 0 Å². The molecule has 2 aromatic rings. The van der Waals surface area contributed by atoms with E-state index in [-0.39, 0.29) is 13.0 Å². The van der Waals surface area contributed by atoms with Crippen LogP contribution in [0, 0.1) is 11.6 Å². The normalized spacial score (nSPS) is 12.0. The molecule has 2 aromatic carbocycles. The fourth-order valence-electron chi connectivity index (χ4n) is 2.09. The van der Waals surface area contributed by atoms with Gasteiger partial charge in [0.15, 0.2) is 0 Å². The van der Waals surface area contributed by atoms with E-state index in [1.807, 2.05) is 0 Å². The molecule has 0 spiro atoms. The van der Waals surface area contributed by atoms with Gasteiger partial charge in [-0.1, -0.05) is 34.1 Å². The minimum Gasteiger partial charge on any atom is -0.396 e. The second kappa shape index (κ2) is 7.47. The van der Waals surface area contributed by atoms with Crippen molar-refractivity contribution in [3.05, 3.63) is 69.7 Å². The lowest BCUT2D eigenvalue weighted by molar-refractivity contribution is 0.0921. The highest BCUT2D eigenvalue weighted by atomic mass is 79.9. The van der Waals surface area contributed by atoms with Crippen molar-refractivity contribution in [3.63, 3.8) is 0 Å². The van der Waals surface area contributed by atoms with Gasteiger partial charge in [0.05, 0.1) is 6.04 Å². The summed E-state index contributed by atoms with van der Waals surface area (Å²) in [5.41, 5.74) is 0.116. The average Bonchev–Trinajstić information content (AvgIpc) is 2.47. The van der Waals surface area contributed by atoms with Crippen LogP contribution in [0.25, 0.3) is 0 Å². The first kappa shape index (κ1) is 16.6. The van der Waals surface area contributed by atoms with Crippen LogP contribution in [0.15, 0.2) is 46.9 Å². The molecule has 0 aromatic heterocycles. The summed E-state index contributed by atoms with van der Waals surface area (Å²) in [4.78, 5) is 12.1. The standard InChI is InChI=1S/C16H14BrF2NO2/c17-11-6-4-10(5-7-11)14(8-9-21)20-16(22)15-12(18)2-1-3-13(15)19/h1-7,14,21H,8-9H2,(H,20,22). The number of carbonyl (C=O) groups excluding carboxylic acids is 1. The number of rotatable bonds is 5. The SMILES string of the molecule is O=C(NC(CCO)c1ccc(Br)cc1)c1c(F)cccc1F. The lowest BCUT2D eigenvalue weighted by atomic mass is 10.0. The first-order chi connectivity index (χ1) is 10.5. The third-order valence-corrected chi connectivity index (χ3v) is 3.71. The minimum atomic E-state index is -0.920. The van der Waals surface area contributed by atoms with Crippen LogP contribution in [-0.2, 0) is 0 Å². The maximum absolute atomic E-state index is 13.6. The number of aliphatic hydroxyl groups excluding tert-OH is 1. The third-order valence-electron chi connectivity index (χ3n) is 3.19. The summed E-state index contributed by atoms with van der Waals surface area (Å²) in [5.74, 6) is -2.69. The highest BCUT2D eigenvalue weighted by molar-refractivity contribution is 9.10. The second-order valence-electron chi connectivity index (χ2n) is 4.69. The monoisotopic (exact) mass is 369 g/mol. The van der Waals surface area contributed by atoms with Crippen molar-refractivity contribution in [1.82, 2.24) is 5.32 Å². The summed E-state index contributed by atoms with van der Waals surface area (Å²) in [7, 11) is 0. The predicted octanol–water partition coefficient (Wildman–Crippen LogP) is 3.58. The zero-order chi connectivity index (χ0) is 16.1. The van der Waals surface area contributed by atoms with E-state index in [4.69, 9.17) is 5.11 Å². The van der Waals surface area contributed by atoms with Gasteiger partial charge in [-0.2, -0.15) is 0 Å². The zero-order valence-corrected chi connectivity index (χ0v) is 13.1. The maximum atomic E-state index is 13.6. The highest BCUT2D eigenvalue weighted by Gasteiger charge is 2.21. The van der Waals surface area contributed by atoms with E-state index in [2.05, 4.69) is 21.2 Å². The van der Waals surface area contributed by atoms with E-state index in [0.29, 0.717) is 0 Å². The van der Waals surface area contributed by atoms with Gasteiger partial charge < -0.3 is 10.4 Å². The number of hydrogen-bond donors (Lipinski definition) is 2. The molecule has 0 aliphatic rings. The topological polar surface area (TPSA) is 49.3 Å². The fraction of sp³-hybridized carbons (Fsp3) is 0.188. The molecule has 0 heterocycles. The molecule has 0 aliphatic heterocycles. The Hall–Kier alpha value is -1.79. The summed E-state index contributed by atoms with van der Waals surface area (Å²) in [6, 6.07) is 9.82. The van der Waals surface area contributed by atoms with Gasteiger partial charge in [-0.3, -0.25) is 4.79 Å². The predicted molar refractivity (Wildman–Crippen MR) is 82.4 cm³/mol. The Labute approximate surface area is 135 Å². The molecule has 0 fully saturated rings. The molecule has 116 valence electrons. The van der Waals surface area contributed by atoms with Gasteiger partial charge in [0.25, 0.3) is 5.91 Å². The molecule has 0 saturated heterocycles. The van der Waals surface area contributed by atoms with E-state index in [1.165, 1.54) is 6.07 Å². The number of benzene rings is 2. The summed E-state index contributed by atoms with van der Waals surface area (Å²) in [6.45, 7) is -0.166. The van der Waals surface area contributed by atoms with E-state index in [9.17, 15) is 13.6 Å². The van der Waals surface area contributed by atoms with E-state index >= 15 is 0 Å². The molecule has 2 rings (SSSR count). The first-order valence-corrected chi connectivity index (χ1v) is 7.43. The number of halogens is 3. The molecule has 3 nitrogen and oxygen atoms in total. The van der Waals surface area contributed by atoms with Crippen LogP contribution in [0.4, 0.5) is 8.78 Å². The first-order valence-electron chi connectivity index (χ1n) is 6.64. The van der Waals surface area contributed by atoms with Crippen molar-refractivity contribution >= 4 is 21.8 Å². The van der Waals surface area contributed by atoms with Crippen molar-refractivity contribution in [2.45, 2.75) is 12.5 Å². The molecule has 0 bridgehead atoms. The Morgan fingerprint density at radius 3 is 2.27 bits per heavy atom. The molecule has 0 aliphatic carbocycles. The average molecular weight is 370 g/mol. The van der Waals surface area contributed by atoms with Crippen molar-refractivity contribution in [3.8, 4) is 0 Å². The highest BCUT2D eigenvalue weighted by Crippen LogP contribution is 2.21. The lowest BCUT2D eigenvalue weighted by Crippen LogP contribution is -2.30. The quantitative estimate of drug-likeness (QED) is 0.846. The van der Waals surface area contributed by atoms with E-state index in [0.717, 1.165) is 22.2 Å². The molecule has 2 N–H and O–H groups in total. The smallest absolute Gasteiger partial charge is 0.257 e. The molecular weight excluding hydrogens is 356 g/mol. The van der Waals surface area contributed by atoms with Crippen LogP contribution in [0.2, 0.25) is 0 Å². The van der Waals surface area contributed by atoms with Gasteiger partial charge in [-0.05, 0) is 36.2 Å². The van der Waals surface area contributed by atoms with Gasteiger partial charge >= 0.3 is 0 Å². The molecule has 0 radical (unpaired) electrons. The van der Waals surface area contributed by atoms with Crippen LogP contribution >= 0.6 is 15.9 Å². The van der Waals surface area contributed by atoms with Gasteiger partial charge in [0, 0.05) is 11.1 Å². The Bertz CT molecular complexity index is 641. The third kappa shape index (κ3) is 3.90. The van der Waals surface area contributed by atoms with Crippen molar-refractivity contribution < 1.29 is 18.7 Å². The lowest BCUT2D eigenvalue weighted by Gasteiger charge is -2.19. The van der Waals surface area contributed by atoms with E-state index in [1.54, 1.807) is 24.3 Å². The molecule has 22 heavy (non-hydrogen) atoms. The summed E-state index contributed by atoms with van der Waals surface area (Å²) < 4.78 is 28.1. The Balaban J connectivity index is 2.24. The van der Waals surface area contributed by atoms with E-state index < -0.39 is 29.1 Å². The van der Waals surface area contributed by atoms with Gasteiger partial charge in [-0.25, -0.2) is 8.78 Å². The summed E-state index contributed by atoms with van der Waals surface area (Å²) in [5, 5.41) is 11.7. The number of hydrogen-bond acceptors (Lipinski definition) is 2. The number of amides is 1. The van der Waals surface area contributed by atoms with Crippen molar-refractivity contribution in [1.29, 1.82) is 0 Å². The molecular formula is C16H14BrF2NO2. The largest absolute Gasteiger partial charge is 0.396 e. The van der Waals surface area contributed by atoms with Crippen LogP contribution in [-0.4, -0.2) is 17.6 Å². The zero-order valence-electron chi connectivity index (χ0n) is 11.5. The molecule has 1 atom stereocenters. The van der Waals surface area contributed by atoms with Gasteiger partial charge in [-0.15, -0.1) is 0 Å².